The van der Waals surface area contributed by atoms with Gasteiger partial charge in [0.05, 0.1) is 5.52 Å². The van der Waals surface area contributed by atoms with Gasteiger partial charge in [-0.2, -0.15) is 5.10 Å². The van der Waals surface area contributed by atoms with Gasteiger partial charge in [0, 0.05) is 5.39 Å². The maximum atomic E-state index is 4.27. The molecule has 1 heterocycles. The zero-order valence-electron chi connectivity index (χ0n) is 7.97. The van der Waals surface area contributed by atoms with Crippen LogP contribution in [0.25, 0.3) is 10.9 Å². The van der Waals surface area contributed by atoms with Crippen LogP contribution in [0.15, 0.2) is 22.8 Å². The van der Waals surface area contributed by atoms with Crippen LogP contribution in [-0.2, 0) is 6.42 Å². The van der Waals surface area contributed by atoms with Gasteiger partial charge in [-0.25, -0.2) is 0 Å². The molecular formula is C10H12BrN3. The number of likely N-dealkylation sites (N-methyl/N-ethyl adjacent to an activating group) is 1. The molecule has 4 heteroatoms. The molecule has 0 unspecified atom stereocenters. The zero-order chi connectivity index (χ0) is 9.97. The summed E-state index contributed by atoms with van der Waals surface area (Å²) < 4.78 is 0.957. The first-order chi connectivity index (χ1) is 6.83. The second-order valence-corrected chi connectivity index (χ2v) is 4.00. The number of fused-ring (bicyclic) bond motifs is 1. The molecule has 0 radical (unpaired) electrons. The monoisotopic (exact) mass is 253 g/mol. The Kier molecular flexibility index (Phi) is 2.84. The first-order valence-electron chi connectivity index (χ1n) is 4.59. The first kappa shape index (κ1) is 9.68. The molecule has 0 fully saturated rings. The molecule has 2 rings (SSSR count). The Morgan fingerprint density at radius 1 is 1.50 bits per heavy atom. The fourth-order valence-corrected chi connectivity index (χ4v) is 1.94. The number of rotatable bonds is 3. The summed E-state index contributed by atoms with van der Waals surface area (Å²) in [5.41, 5.74) is 2.34. The third kappa shape index (κ3) is 1.67. The number of benzene rings is 1. The molecule has 2 aromatic rings. The molecule has 0 aliphatic carbocycles. The lowest BCUT2D eigenvalue weighted by Crippen LogP contribution is -2.10. The van der Waals surface area contributed by atoms with Gasteiger partial charge < -0.3 is 5.32 Å². The number of hydrogen-bond donors (Lipinski definition) is 2. The number of nitrogens with one attached hydrogen (secondary N) is 2. The van der Waals surface area contributed by atoms with E-state index in [-0.39, 0.29) is 0 Å². The standard InChI is InChI=1S/C10H12BrN3/c1-12-6-5-7-3-2-4-8-9(7)13-14-10(8)11/h2-4,12H,5-6H2,1H3,(H,13,14). The lowest BCUT2D eigenvalue weighted by molar-refractivity contribution is 0.793. The van der Waals surface area contributed by atoms with E-state index in [1.165, 1.54) is 5.56 Å². The summed E-state index contributed by atoms with van der Waals surface area (Å²) in [5, 5.41) is 11.5. The molecule has 0 aliphatic rings. The van der Waals surface area contributed by atoms with Gasteiger partial charge in [0.25, 0.3) is 0 Å². The normalized spacial score (nSPS) is 11.0. The van der Waals surface area contributed by atoms with E-state index in [1.807, 2.05) is 7.05 Å². The molecule has 0 bridgehead atoms. The van der Waals surface area contributed by atoms with Gasteiger partial charge in [0.15, 0.2) is 0 Å². The Morgan fingerprint density at radius 3 is 3.14 bits per heavy atom. The van der Waals surface area contributed by atoms with E-state index in [0.717, 1.165) is 28.5 Å². The second kappa shape index (κ2) is 4.11. The molecule has 0 saturated carbocycles. The van der Waals surface area contributed by atoms with Crippen LogP contribution in [0.3, 0.4) is 0 Å². The van der Waals surface area contributed by atoms with Crippen LogP contribution in [-0.4, -0.2) is 23.8 Å². The third-order valence-electron chi connectivity index (χ3n) is 2.27. The number of H-pyrrole nitrogens is 1. The minimum absolute atomic E-state index is 0.957. The van der Waals surface area contributed by atoms with Crippen molar-refractivity contribution >= 4 is 26.8 Å². The number of aromatic amines is 1. The summed E-state index contributed by atoms with van der Waals surface area (Å²) in [7, 11) is 1.96. The van der Waals surface area contributed by atoms with Crippen LogP contribution in [0.2, 0.25) is 0 Å². The molecule has 0 spiro atoms. The van der Waals surface area contributed by atoms with Gasteiger partial charge in [0.1, 0.15) is 4.60 Å². The molecule has 0 amide bonds. The van der Waals surface area contributed by atoms with Crippen molar-refractivity contribution in [3.8, 4) is 0 Å². The van der Waals surface area contributed by atoms with E-state index in [1.54, 1.807) is 0 Å². The Hall–Kier alpha value is -0.870. The van der Waals surface area contributed by atoms with Crippen molar-refractivity contribution in [2.24, 2.45) is 0 Å². The smallest absolute Gasteiger partial charge is 0.108 e. The molecule has 14 heavy (non-hydrogen) atoms. The van der Waals surface area contributed by atoms with Crippen LogP contribution >= 0.6 is 15.9 Å². The second-order valence-electron chi connectivity index (χ2n) is 3.20. The predicted molar refractivity (Wildman–Crippen MR) is 61.4 cm³/mol. The fraction of sp³-hybridized carbons (Fsp3) is 0.300. The van der Waals surface area contributed by atoms with E-state index in [9.17, 15) is 0 Å². The van der Waals surface area contributed by atoms with Crippen molar-refractivity contribution in [3.05, 3.63) is 28.4 Å². The van der Waals surface area contributed by atoms with Crippen molar-refractivity contribution in [1.82, 2.24) is 15.5 Å². The quantitative estimate of drug-likeness (QED) is 0.880. The topological polar surface area (TPSA) is 40.7 Å². The highest BCUT2D eigenvalue weighted by Gasteiger charge is 2.05. The Balaban J connectivity index is 2.44. The fourth-order valence-electron chi connectivity index (χ4n) is 1.53. The maximum absolute atomic E-state index is 4.27. The number of aromatic nitrogens is 2. The molecular weight excluding hydrogens is 242 g/mol. The number of halogens is 1. The van der Waals surface area contributed by atoms with Crippen LogP contribution in [0.5, 0.6) is 0 Å². The predicted octanol–water partition coefficient (Wildman–Crippen LogP) is 2.09. The van der Waals surface area contributed by atoms with E-state index < -0.39 is 0 Å². The number of hydrogen-bond acceptors (Lipinski definition) is 2. The number of nitrogens with zero attached hydrogens (tertiary/aromatic N) is 1. The minimum Gasteiger partial charge on any atom is -0.319 e. The van der Waals surface area contributed by atoms with Crippen molar-refractivity contribution in [1.29, 1.82) is 0 Å². The lowest BCUT2D eigenvalue weighted by atomic mass is 10.1. The van der Waals surface area contributed by atoms with Crippen molar-refractivity contribution in [2.75, 3.05) is 13.6 Å². The molecule has 0 aliphatic heterocycles. The van der Waals surface area contributed by atoms with Gasteiger partial charge in [-0.15, -0.1) is 0 Å². The van der Waals surface area contributed by atoms with Crippen LogP contribution < -0.4 is 5.32 Å². The van der Waals surface area contributed by atoms with Crippen molar-refractivity contribution < 1.29 is 0 Å². The van der Waals surface area contributed by atoms with Gasteiger partial charge in [-0.1, -0.05) is 18.2 Å². The molecule has 2 N–H and O–H groups in total. The van der Waals surface area contributed by atoms with Gasteiger partial charge in [-0.3, -0.25) is 5.10 Å². The summed E-state index contributed by atoms with van der Waals surface area (Å²) in [6, 6.07) is 6.24. The average Bonchev–Trinajstić information content (AvgIpc) is 2.58. The van der Waals surface area contributed by atoms with Crippen LogP contribution in [0.1, 0.15) is 5.56 Å². The minimum atomic E-state index is 0.957. The van der Waals surface area contributed by atoms with E-state index >= 15 is 0 Å². The summed E-state index contributed by atoms with van der Waals surface area (Å²) in [5.74, 6) is 0. The van der Waals surface area contributed by atoms with E-state index in [2.05, 4.69) is 49.6 Å². The Labute approximate surface area is 91.0 Å². The summed E-state index contributed by atoms with van der Waals surface area (Å²) in [4.78, 5) is 0. The molecule has 1 aromatic heterocycles. The van der Waals surface area contributed by atoms with Gasteiger partial charge in [-0.05, 0) is 41.5 Å². The Bertz CT molecular complexity index is 436. The lowest BCUT2D eigenvalue weighted by Gasteiger charge is -2.00. The highest BCUT2D eigenvalue weighted by atomic mass is 79.9. The largest absolute Gasteiger partial charge is 0.319 e. The summed E-state index contributed by atoms with van der Waals surface area (Å²) >= 11 is 3.44. The summed E-state index contributed by atoms with van der Waals surface area (Å²) in [6.07, 6.45) is 1.01. The zero-order valence-corrected chi connectivity index (χ0v) is 9.56. The van der Waals surface area contributed by atoms with Crippen molar-refractivity contribution in [2.45, 2.75) is 6.42 Å². The van der Waals surface area contributed by atoms with Gasteiger partial charge >= 0.3 is 0 Å². The maximum Gasteiger partial charge on any atom is 0.108 e. The molecule has 3 nitrogen and oxygen atoms in total. The van der Waals surface area contributed by atoms with E-state index in [4.69, 9.17) is 0 Å². The summed E-state index contributed by atoms with van der Waals surface area (Å²) in [6.45, 7) is 0.976. The Morgan fingerprint density at radius 2 is 2.36 bits per heavy atom. The molecule has 0 atom stereocenters. The van der Waals surface area contributed by atoms with E-state index in [0.29, 0.717) is 0 Å². The third-order valence-corrected chi connectivity index (χ3v) is 2.87. The van der Waals surface area contributed by atoms with Crippen molar-refractivity contribution in [3.63, 3.8) is 0 Å². The van der Waals surface area contributed by atoms with Crippen LogP contribution in [0.4, 0.5) is 0 Å². The van der Waals surface area contributed by atoms with Crippen LogP contribution in [0, 0.1) is 0 Å². The number of para-hydroxylation sites is 1. The van der Waals surface area contributed by atoms with Gasteiger partial charge in [0.2, 0.25) is 0 Å². The SMILES string of the molecule is CNCCc1cccc2c(Br)[nH]nc12. The highest BCUT2D eigenvalue weighted by molar-refractivity contribution is 9.10. The molecule has 1 aromatic carbocycles. The molecule has 74 valence electrons. The first-order valence-corrected chi connectivity index (χ1v) is 5.38. The molecule has 0 saturated heterocycles. The highest BCUT2D eigenvalue weighted by Crippen LogP contribution is 2.23. The average molecular weight is 254 g/mol.